The summed E-state index contributed by atoms with van der Waals surface area (Å²) in [6.07, 6.45) is 2.42. The first-order valence-corrected chi connectivity index (χ1v) is 9.65. The van der Waals surface area contributed by atoms with Gasteiger partial charge in [-0.1, -0.05) is 22.8 Å². The summed E-state index contributed by atoms with van der Waals surface area (Å²) < 4.78 is 19.3. The maximum absolute atomic E-state index is 13.4. The van der Waals surface area contributed by atoms with Gasteiger partial charge >= 0.3 is 0 Å². The first-order chi connectivity index (χ1) is 14.2. The van der Waals surface area contributed by atoms with E-state index in [9.17, 15) is 4.79 Å². The van der Waals surface area contributed by atoms with Crippen molar-refractivity contribution in [2.24, 2.45) is 0 Å². The number of aromatic nitrogens is 5. The molecule has 1 unspecified atom stereocenters. The molecular formula is C19H18ClN5O4. The monoisotopic (exact) mass is 415 g/mol. The Hall–Kier alpha value is -2.75. The molecule has 5 rings (SSSR count). The first kappa shape index (κ1) is 18.3. The van der Waals surface area contributed by atoms with Crippen LogP contribution >= 0.6 is 11.6 Å². The van der Waals surface area contributed by atoms with Crippen LogP contribution in [0.1, 0.15) is 18.2 Å². The van der Waals surface area contributed by atoms with Crippen LogP contribution in [0.25, 0.3) is 28.1 Å². The molecule has 4 heterocycles. The minimum absolute atomic E-state index is 0.0723. The third-order valence-electron chi connectivity index (χ3n) is 5.16. The highest BCUT2D eigenvalue weighted by atomic mass is 35.5. The molecule has 0 saturated carbocycles. The van der Waals surface area contributed by atoms with Crippen LogP contribution in [-0.2, 0) is 16.0 Å². The van der Waals surface area contributed by atoms with Crippen molar-refractivity contribution in [3.63, 3.8) is 0 Å². The molecule has 1 aliphatic rings. The van der Waals surface area contributed by atoms with Gasteiger partial charge in [-0.3, -0.25) is 9.20 Å². The highest BCUT2D eigenvalue weighted by molar-refractivity contribution is 6.35. The third-order valence-corrected chi connectivity index (χ3v) is 5.47. The molecule has 150 valence electrons. The second kappa shape index (κ2) is 7.25. The van der Waals surface area contributed by atoms with Gasteiger partial charge in [-0.15, -0.1) is 0 Å². The van der Waals surface area contributed by atoms with E-state index in [1.165, 1.54) is 0 Å². The molecule has 10 heteroatoms. The number of imidazole rings is 1. The van der Waals surface area contributed by atoms with Gasteiger partial charge in [0.05, 0.1) is 35.2 Å². The number of benzene rings is 1. The summed E-state index contributed by atoms with van der Waals surface area (Å²) in [6.45, 7) is 1.95. The Labute approximate surface area is 169 Å². The molecule has 1 saturated heterocycles. The number of para-hydroxylation sites is 1. The van der Waals surface area contributed by atoms with Gasteiger partial charge in [-0.05, 0) is 18.6 Å². The standard InChI is InChI=1S/C19H18ClN5O4/c1-27-8-6-24-15-12(20)3-2-4-13(15)25-10-21-14(16(25)19(24)26)17-22-18(29-23-17)11-5-7-28-9-11/h2-4,10-11H,5-9H2,1H3. The molecule has 0 spiro atoms. The van der Waals surface area contributed by atoms with Crippen LogP contribution in [0.15, 0.2) is 33.8 Å². The van der Waals surface area contributed by atoms with Gasteiger partial charge in [0.25, 0.3) is 5.56 Å². The van der Waals surface area contributed by atoms with Crippen LogP contribution < -0.4 is 5.56 Å². The van der Waals surface area contributed by atoms with Crippen molar-refractivity contribution in [1.82, 2.24) is 24.1 Å². The van der Waals surface area contributed by atoms with Gasteiger partial charge in [0.15, 0.2) is 0 Å². The van der Waals surface area contributed by atoms with Gasteiger partial charge in [0.1, 0.15) is 17.5 Å². The molecule has 0 aliphatic carbocycles. The molecular weight excluding hydrogens is 398 g/mol. The number of hydrogen-bond donors (Lipinski definition) is 0. The summed E-state index contributed by atoms with van der Waals surface area (Å²) in [5, 5.41) is 4.55. The first-order valence-electron chi connectivity index (χ1n) is 9.27. The number of hydrogen-bond acceptors (Lipinski definition) is 7. The van der Waals surface area contributed by atoms with Gasteiger partial charge in [-0.25, -0.2) is 4.98 Å². The number of fused-ring (bicyclic) bond motifs is 3. The second-order valence-electron chi connectivity index (χ2n) is 6.89. The summed E-state index contributed by atoms with van der Waals surface area (Å²) in [4.78, 5) is 22.3. The highest BCUT2D eigenvalue weighted by Crippen LogP contribution is 2.29. The Balaban J connectivity index is 1.73. The quantitative estimate of drug-likeness (QED) is 0.494. The van der Waals surface area contributed by atoms with Crippen molar-refractivity contribution >= 4 is 28.2 Å². The molecule has 0 N–H and O–H groups in total. The minimum Gasteiger partial charge on any atom is -0.383 e. The fraction of sp³-hybridized carbons (Fsp3) is 0.368. The Morgan fingerprint density at radius 1 is 1.34 bits per heavy atom. The van der Waals surface area contributed by atoms with E-state index in [1.54, 1.807) is 28.5 Å². The molecule has 0 amide bonds. The molecule has 1 atom stereocenters. The lowest BCUT2D eigenvalue weighted by Gasteiger charge is -2.13. The second-order valence-corrected chi connectivity index (χ2v) is 7.29. The van der Waals surface area contributed by atoms with Gasteiger partial charge < -0.3 is 18.6 Å². The summed E-state index contributed by atoms with van der Waals surface area (Å²) in [7, 11) is 1.59. The zero-order valence-corrected chi connectivity index (χ0v) is 16.4. The molecule has 3 aromatic heterocycles. The molecule has 1 aromatic carbocycles. The number of ether oxygens (including phenoxy) is 2. The predicted molar refractivity (Wildman–Crippen MR) is 105 cm³/mol. The van der Waals surface area contributed by atoms with E-state index >= 15 is 0 Å². The lowest BCUT2D eigenvalue weighted by molar-refractivity contribution is 0.187. The largest absolute Gasteiger partial charge is 0.383 e. The zero-order chi connectivity index (χ0) is 20.0. The maximum Gasteiger partial charge on any atom is 0.277 e. The molecule has 0 radical (unpaired) electrons. The fourth-order valence-electron chi connectivity index (χ4n) is 3.72. The predicted octanol–water partition coefficient (Wildman–Crippen LogP) is 2.50. The average Bonchev–Trinajstić information content (AvgIpc) is 3.47. The van der Waals surface area contributed by atoms with E-state index in [2.05, 4.69) is 15.1 Å². The average molecular weight is 416 g/mol. The highest BCUT2D eigenvalue weighted by Gasteiger charge is 2.26. The SMILES string of the molecule is COCCn1c(=O)c2c(-c3noc(C4CCOC4)n3)ncn2c2cccc(Cl)c21. The molecule has 1 fully saturated rings. The topological polar surface area (TPSA) is 96.7 Å². The summed E-state index contributed by atoms with van der Waals surface area (Å²) in [5.41, 5.74) is 1.88. The van der Waals surface area contributed by atoms with Crippen molar-refractivity contribution < 1.29 is 14.0 Å². The van der Waals surface area contributed by atoms with Crippen molar-refractivity contribution in [2.75, 3.05) is 26.9 Å². The van der Waals surface area contributed by atoms with Crippen LogP contribution in [0.3, 0.4) is 0 Å². The van der Waals surface area contributed by atoms with E-state index in [0.29, 0.717) is 54.0 Å². The number of nitrogens with zero attached hydrogens (tertiary/aromatic N) is 5. The Morgan fingerprint density at radius 2 is 2.24 bits per heavy atom. The number of halogens is 1. The van der Waals surface area contributed by atoms with Crippen LogP contribution in [-0.4, -0.2) is 51.0 Å². The summed E-state index contributed by atoms with van der Waals surface area (Å²) >= 11 is 6.43. The van der Waals surface area contributed by atoms with Gasteiger partial charge in [0.2, 0.25) is 11.7 Å². The minimum atomic E-state index is -0.245. The van der Waals surface area contributed by atoms with Crippen molar-refractivity contribution in [1.29, 1.82) is 0 Å². The van der Waals surface area contributed by atoms with Crippen LogP contribution in [0.4, 0.5) is 0 Å². The van der Waals surface area contributed by atoms with Gasteiger partial charge in [-0.2, -0.15) is 4.98 Å². The van der Waals surface area contributed by atoms with Crippen LogP contribution in [0, 0.1) is 0 Å². The molecule has 0 bridgehead atoms. The molecule has 29 heavy (non-hydrogen) atoms. The lowest BCUT2D eigenvalue weighted by atomic mass is 10.1. The number of methoxy groups -OCH3 is 1. The summed E-state index contributed by atoms with van der Waals surface area (Å²) in [5.74, 6) is 0.858. The summed E-state index contributed by atoms with van der Waals surface area (Å²) in [6, 6.07) is 5.48. The van der Waals surface area contributed by atoms with Crippen molar-refractivity contribution in [3.05, 3.63) is 45.8 Å². The van der Waals surface area contributed by atoms with E-state index in [-0.39, 0.29) is 17.3 Å². The smallest absolute Gasteiger partial charge is 0.277 e. The van der Waals surface area contributed by atoms with Crippen molar-refractivity contribution in [2.45, 2.75) is 18.9 Å². The molecule has 9 nitrogen and oxygen atoms in total. The third kappa shape index (κ3) is 2.93. The Morgan fingerprint density at radius 3 is 3.03 bits per heavy atom. The lowest BCUT2D eigenvalue weighted by Crippen LogP contribution is -2.25. The molecule has 1 aliphatic heterocycles. The normalized spacial score (nSPS) is 17.0. The molecule has 4 aromatic rings. The maximum atomic E-state index is 13.4. The van der Waals surface area contributed by atoms with E-state index in [1.807, 2.05) is 12.1 Å². The van der Waals surface area contributed by atoms with Crippen LogP contribution in [0.2, 0.25) is 5.02 Å². The van der Waals surface area contributed by atoms with E-state index < -0.39 is 0 Å². The van der Waals surface area contributed by atoms with E-state index in [4.69, 9.17) is 25.6 Å². The zero-order valence-electron chi connectivity index (χ0n) is 15.7. The van der Waals surface area contributed by atoms with Crippen LogP contribution in [0.5, 0.6) is 0 Å². The Kier molecular flexibility index (Phi) is 4.57. The van der Waals surface area contributed by atoms with Crippen molar-refractivity contribution in [3.8, 4) is 11.5 Å². The number of rotatable bonds is 5. The fourth-order valence-corrected chi connectivity index (χ4v) is 3.99. The Bertz CT molecular complexity index is 1250. The van der Waals surface area contributed by atoms with E-state index in [0.717, 1.165) is 11.9 Å². The van der Waals surface area contributed by atoms with Gasteiger partial charge in [0, 0.05) is 20.3 Å².